The normalized spacial score (nSPS) is 17.2. The lowest BCUT2D eigenvalue weighted by Gasteiger charge is -2.36. The summed E-state index contributed by atoms with van der Waals surface area (Å²) >= 11 is 6.50. The van der Waals surface area contributed by atoms with Gasteiger partial charge in [0.2, 0.25) is 0 Å². The molecule has 4 heteroatoms. The first-order valence-electron chi connectivity index (χ1n) is 7.63. The number of benzene rings is 2. The summed E-state index contributed by atoms with van der Waals surface area (Å²) < 4.78 is 5.59. The van der Waals surface area contributed by atoms with E-state index in [0.717, 1.165) is 42.5 Å². The van der Waals surface area contributed by atoms with Crippen molar-refractivity contribution in [3.05, 3.63) is 64.7 Å². The monoisotopic (exact) mass is 316 g/mol. The van der Waals surface area contributed by atoms with Crippen LogP contribution in [-0.4, -0.2) is 38.2 Å². The Labute approximate surface area is 136 Å². The van der Waals surface area contributed by atoms with Crippen molar-refractivity contribution in [3.8, 4) is 5.75 Å². The largest absolute Gasteiger partial charge is 0.496 e. The predicted molar refractivity (Wildman–Crippen MR) is 90.7 cm³/mol. The second kappa shape index (κ2) is 7.14. The third-order valence-corrected chi connectivity index (χ3v) is 4.49. The van der Waals surface area contributed by atoms with Gasteiger partial charge in [0.25, 0.3) is 0 Å². The van der Waals surface area contributed by atoms with Crippen molar-refractivity contribution in [2.24, 2.45) is 0 Å². The van der Waals surface area contributed by atoms with Gasteiger partial charge in [-0.3, -0.25) is 4.90 Å². The van der Waals surface area contributed by atoms with Crippen molar-refractivity contribution in [2.75, 3.05) is 33.3 Å². The van der Waals surface area contributed by atoms with Crippen LogP contribution < -0.4 is 10.1 Å². The van der Waals surface area contributed by atoms with E-state index in [0.29, 0.717) is 0 Å². The maximum Gasteiger partial charge on any atom is 0.123 e. The predicted octanol–water partition coefficient (Wildman–Crippen LogP) is 3.34. The molecule has 0 aromatic heterocycles. The lowest BCUT2D eigenvalue weighted by atomic mass is 9.95. The van der Waals surface area contributed by atoms with Gasteiger partial charge < -0.3 is 10.1 Å². The third-order valence-electron chi connectivity index (χ3n) is 4.15. The maximum atomic E-state index is 6.50. The number of methoxy groups -OCH3 is 1. The first-order chi connectivity index (χ1) is 10.8. The molecule has 3 nitrogen and oxygen atoms in total. The van der Waals surface area contributed by atoms with Crippen molar-refractivity contribution in [1.29, 1.82) is 0 Å². The number of hydrogen-bond donors (Lipinski definition) is 1. The Balaban J connectivity index is 2.08. The smallest absolute Gasteiger partial charge is 0.123 e. The number of para-hydroxylation sites is 1. The quantitative estimate of drug-likeness (QED) is 0.936. The molecule has 22 heavy (non-hydrogen) atoms. The summed E-state index contributed by atoms with van der Waals surface area (Å²) in [4.78, 5) is 2.47. The second-order valence-corrected chi connectivity index (χ2v) is 5.86. The van der Waals surface area contributed by atoms with Gasteiger partial charge in [0.05, 0.1) is 13.2 Å². The molecule has 1 atom stereocenters. The summed E-state index contributed by atoms with van der Waals surface area (Å²) in [6, 6.07) is 16.4. The Kier molecular flexibility index (Phi) is 4.98. The molecule has 1 unspecified atom stereocenters. The number of nitrogens with one attached hydrogen (secondary N) is 1. The van der Waals surface area contributed by atoms with E-state index in [2.05, 4.69) is 28.4 Å². The standard InChI is InChI=1S/C18H21ClN2O/c1-22-17-9-5-3-7-15(17)18(21-12-10-20-11-13-21)14-6-2-4-8-16(14)19/h2-9,18,20H,10-13H2,1H3. The van der Waals surface area contributed by atoms with Gasteiger partial charge in [-0.15, -0.1) is 0 Å². The van der Waals surface area contributed by atoms with E-state index in [1.165, 1.54) is 5.56 Å². The van der Waals surface area contributed by atoms with Crippen LogP contribution in [0.2, 0.25) is 5.02 Å². The Hall–Kier alpha value is -1.55. The Bertz CT molecular complexity index is 626. The highest BCUT2D eigenvalue weighted by Gasteiger charge is 2.27. The van der Waals surface area contributed by atoms with E-state index in [-0.39, 0.29) is 6.04 Å². The SMILES string of the molecule is COc1ccccc1C(c1ccccc1Cl)N1CCNCC1. The first-order valence-corrected chi connectivity index (χ1v) is 8.01. The van der Waals surface area contributed by atoms with Crippen LogP contribution in [-0.2, 0) is 0 Å². The highest BCUT2D eigenvalue weighted by molar-refractivity contribution is 6.31. The zero-order valence-corrected chi connectivity index (χ0v) is 13.5. The number of piperazine rings is 1. The van der Waals surface area contributed by atoms with Crippen LogP contribution in [0, 0.1) is 0 Å². The zero-order chi connectivity index (χ0) is 15.4. The van der Waals surface area contributed by atoms with E-state index in [4.69, 9.17) is 16.3 Å². The van der Waals surface area contributed by atoms with Crippen LogP contribution in [0.15, 0.2) is 48.5 Å². The van der Waals surface area contributed by atoms with Gasteiger partial charge in [-0.05, 0) is 17.7 Å². The second-order valence-electron chi connectivity index (χ2n) is 5.45. The van der Waals surface area contributed by atoms with Gasteiger partial charge in [0, 0.05) is 36.8 Å². The van der Waals surface area contributed by atoms with Crippen molar-refractivity contribution in [2.45, 2.75) is 6.04 Å². The highest BCUT2D eigenvalue weighted by Crippen LogP contribution is 2.37. The Morgan fingerprint density at radius 1 is 1.00 bits per heavy atom. The lowest BCUT2D eigenvalue weighted by molar-refractivity contribution is 0.195. The number of rotatable bonds is 4. The molecule has 1 heterocycles. The van der Waals surface area contributed by atoms with Crippen molar-refractivity contribution < 1.29 is 4.74 Å². The molecule has 2 aromatic carbocycles. The molecule has 0 bridgehead atoms. The van der Waals surface area contributed by atoms with Crippen LogP contribution in [0.1, 0.15) is 17.2 Å². The molecule has 3 rings (SSSR count). The number of ether oxygens (including phenoxy) is 1. The van der Waals surface area contributed by atoms with E-state index >= 15 is 0 Å². The molecular weight excluding hydrogens is 296 g/mol. The summed E-state index contributed by atoms with van der Waals surface area (Å²) in [5, 5.41) is 4.21. The van der Waals surface area contributed by atoms with Gasteiger partial charge in [-0.1, -0.05) is 48.0 Å². The van der Waals surface area contributed by atoms with Gasteiger partial charge in [-0.2, -0.15) is 0 Å². The molecule has 0 aliphatic carbocycles. The lowest BCUT2D eigenvalue weighted by Crippen LogP contribution is -2.45. The third kappa shape index (κ3) is 3.12. The first kappa shape index (κ1) is 15.3. The Morgan fingerprint density at radius 3 is 2.32 bits per heavy atom. The van der Waals surface area contributed by atoms with Gasteiger partial charge in [0.1, 0.15) is 5.75 Å². The summed E-state index contributed by atoms with van der Waals surface area (Å²) in [6.45, 7) is 3.98. The molecule has 116 valence electrons. The Morgan fingerprint density at radius 2 is 1.64 bits per heavy atom. The zero-order valence-electron chi connectivity index (χ0n) is 12.8. The maximum absolute atomic E-state index is 6.50. The summed E-state index contributed by atoms with van der Waals surface area (Å²) in [7, 11) is 1.72. The molecule has 0 saturated carbocycles. The fraction of sp³-hybridized carbons (Fsp3) is 0.333. The minimum Gasteiger partial charge on any atom is -0.496 e. The van der Waals surface area contributed by atoms with Gasteiger partial charge >= 0.3 is 0 Å². The summed E-state index contributed by atoms with van der Waals surface area (Å²) in [6.07, 6.45) is 0. The van der Waals surface area contributed by atoms with Crippen molar-refractivity contribution in [1.82, 2.24) is 10.2 Å². The van der Waals surface area contributed by atoms with Crippen LogP contribution in [0.5, 0.6) is 5.75 Å². The van der Waals surface area contributed by atoms with E-state index in [9.17, 15) is 0 Å². The van der Waals surface area contributed by atoms with Crippen molar-refractivity contribution in [3.63, 3.8) is 0 Å². The molecule has 2 aromatic rings. The molecule has 1 fully saturated rings. The molecular formula is C18H21ClN2O. The van der Waals surface area contributed by atoms with E-state index in [1.54, 1.807) is 7.11 Å². The molecule has 1 saturated heterocycles. The number of hydrogen-bond acceptors (Lipinski definition) is 3. The highest BCUT2D eigenvalue weighted by atomic mass is 35.5. The molecule has 1 aliphatic rings. The number of nitrogens with zero attached hydrogens (tertiary/aromatic N) is 1. The van der Waals surface area contributed by atoms with Gasteiger partial charge in [0.15, 0.2) is 0 Å². The van der Waals surface area contributed by atoms with Crippen LogP contribution in [0.3, 0.4) is 0 Å². The van der Waals surface area contributed by atoms with Gasteiger partial charge in [-0.25, -0.2) is 0 Å². The van der Waals surface area contributed by atoms with Crippen LogP contribution >= 0.6 is 11.6 Å². The summed E-state index contributed by atoms with van der Waals surface area (Å²) in [5.74, 6) is 0.908. The molecule has 0 amide bonds. The minimum atomic E-state index is 0.118. The fourth-order valence-electron chi connectivity index (χ4n) is 3.09. The molecule has 1 N–H and O–H groups in total. The molecule has 0 radical (unpaired) electrons. The average Bonchev–Trinajstić information content (AvgIpc) is 2.58. The topological polar surface area (TPSA) is 24.5 Å². The van der Waals surface area contributed by atoms with Crippen molar-refractivity contribution >= 4 is 11.6 Å². The average molecular weight is 317 g/mol. The summed E-state index contributed by atoms with van der Waals surface area (Å²) in [5.41, 5.74) is 2.30. The van der Waals surface area contributed by atoms with Crippen LogP contribution in [0.25, 0.3) is 0 Å². The van der Waals surface area contributed by atoms with Crippen LogP contribution in [0.4, 0.5) is 0 Å². The molecule has 0 spiro atoms. The van der Waals surface area contributed by atoms with E-state index < -0.39 is 0 Å². The van der Waals surface area contributed by atoms with E-state index in [1.807, 2.05) is 30.3 Å². The minimum absolute atomic E-state index is 0.118. The molecule has 1 aliphatic heterocycles. The fourth-order valence-corrected chi connectivity index (χ4v) is 3.33. The number of halogens is 1.